The number of aliphatic hydroxyl groups is 1. The van der Waals surface area contributed by atoms with Crippen LogP contribution in [0, 0.1) is 0 Å². The second kappa shape index (κ2) is 6.98. The van der Waals surface area contributed by atoms with Crippen LogP contribution in [0.3, 0.4) is 0 Å². The molecule has 0 aliphatic rings. The zero-order valence-corrected chi connectivity index (χ0v) is 10.7. The molecule has 0 radical (unpaired) electrons. The summed E-state index contributed by atoms with van der Waals surface area (Å²) < 4.78 is 0. The first kappa shape index (κ1) is 14.5. The van der Waals surface area contributed by atoms with Crippen LogP contribution < -0.4 is 10.6 Å². The Balaban J connectivity index is 2.62. The number of hydrogen-bond donors (Lipinski definition) is 3. The van der Waals surface area contributed by atoms with E-state index in [-0.39, 0.29) is 25.0 Å². The van der Waals surface area contributed by atoms with Gasteiger partial charge < -0.3 is 15.7 Å². The van der Waals surface area contributed by atoms with Gasteiger partial charge >= 0.3 is 0 Å². The molecular formula is C12H15ClN2O3. The molecule has 0 saturated carbocycles. The fourth-order valence-corrected chi connectivity index (χ4v) is 1.27. The summed E-state index contributed by atoms with van der Waals surface area (Å²) in [6.07, 6.45) is 0. The summed E-state index contributed by atoms with van der Waals surface area (Å²) in [5.41, 5.74) is 1.03. The maximum absolute atomic E-state index is 11.5. The van der Waals surface area contributed by atoms with Crippen LogP contribution in [0.15, 0.2) is 24.3 Å². The van der Waals surface area contributed by atoms with E-state index in [9.17, 15) is 9.59 Å². The van der Waals surface area contributed by atoms with E-state index in [0.29, 0.717) is 11.3 Å². The van der Waals surface area contributed by atoms with Crippen LogP contribution in [0.5, 0.6) is 0 Å². The molecule has 18 heavy (non-hydrogen) atoms. The van der Waals surface area contributed by atoms with Crippen molar-refractivity contribution in [2.75, 3.05) is 18.5 Å². The fraction of sp³-hybridized carbons (Fsp3) is 0.333. The number of amides is 2. The highest BCUT2D eigenvalue weighted by molar-refractivity contribution is 6.32. The molecule has 0 aliphatic heterocycles. The predicted octanol–water partition coefficient (Wildman–Crippen LogP) is 0.974. The van der Waals surface area contributed by atoms with Gasteiger partial charge in [0, 0.05) is 17.8 Å². The first-order valence-corrected chi connectivity index (χ1v) is 5.92. The standard InChI is InChI=1S/C12H15ClN2O3/c1-8(13)11(17)15-10-4-2-9(3-5-10)12(18)14-6-7-16/h2-5,8,16H,6-7H2,1H3,(H,14,18)(H,15,17). The number of anilines is 1. The third-order valence-electron chi connectivity index (χ3n) is 2.17. The van der Waals surface area contributed by atoms with Gasteiger partial charge in [0.25, 0.3) is 5.91 Å². The maximum Gasteiger partial charge on any atom is 0.251 e. The van der Waals surface area contributed by atoms with E-state index in [2.05, 4.69) is 10.6 Å². The minimum Gasteiger partial charge on any atom is -0.395 e. The second-order valence-corrected chi connectivity index (χ2v) is 4.32. The number of nitrogens with one attached hydrogen (secondary N) is 2. The third-order valence-corrected chi connectivity index (χ3v) is 2.37. The van der Waals surface area contributed by atoms with Gasteiger partial charge in [-0.05, 0) is 31.2 Å². The number of halogens is 1. The lowest BCUT2D eigenvalue weighted by Gasteiger charge is -2.07. The molecule has 0 aliphatic carbocycles. The van der Waals surface area contributed by atoms with E-state index in [1.165, 1.54) is 0 Å². The highest BCUT2D eigenvalue weighted by Crippen LogP contribution is 2.10. The summed E-state index contributed by atoms with van der Waals surface area (Å²) in [5, 5.41) is 13.1. The molecule has 1 unspecified atom stereocenters. The van der Waals surface area contributed by atoms with Gasteiger partial charge in [-0.25, -0.2) is 0 Å². The lowest BCUT2D eigenvalue weighted by Crippen LogP contribution is -2.26. The molecule has 1 atom stereocenters. The Hall–Kier alpha value is -1.59. The largest absolute Gasteiger partial charge is 0.395 e. The van der Waals surface area contributed by atoms with Crippen LogP contribution in [-0.4, -0.2) is 35.4 Å². The van der Waals surface area contributed by atoms with Crippen molar-refractivity contribution in [3.05, 3.63) is 29.8 Å². The van der Waals surface area contributed by atoms with Crippen molar-refractivity contribution < 1.29 is 14.7 Å². The van der Waals surface area contributed by atoms with E-state index >= 15 is 0 Å². The molecule has 0 bridgehead atoms. The smallest absolute Gasteiger partial charge is 0.251 e. The van der Waals surface area contributed by atoms with Gasteiger partial charge in [0.2, 0.25) is 5.91 Å². The maximum atomic E-state index is 11.5. The fourth-order valence-electron chi connectivity index (χ4n) is 1.22. The summed E-state index contributed by atoms with van der Waals surface area (Å²) in [6.45, 7) is 1.68. The van der Waals surface area contributed by atoms with Gasteiger partial charge in [0.1, 0.15) is 5.38 Å². The van der Waals surface area contributed by atoms with Crippen molar-refractivity contribution >= 4 is 29.1 Å². The Bertz CT molecular complexity index is 418. The molecule has 2 amide bonds. The molecule has 0 heterocycles. The van der Waals surface area contributed by atoms with Crippen molar-refractivity contribution in [2.24, 2.45) is 0 Å². The van der Waals surface area contributed by atoms with Crippen molar-refractivity contribution in [2.45, 2.75) is 12.3 Å². The summed E-state index contributed by atoms with van der Waals surface area (Å²) in [5.74, 6) is -0.568. The summed E-state index contributed by atoms with van der Waals surface area (Å²) in [4.78, 5) is 22.8. The second-order valence-electron chi connectivity index (χ2n) is 3.66. The first-order chi connectivity index (χ1) is 8.54. The van der Waals surface area contributed by atoms with Crippen LogP contribution in [-0.2, 0) is 4.79 Å². The zero-order chi connectivity index (χ0) is 13.5. The predicted molar refractivity (Wildman–Crippen MR) is 69.8 cm³/mol. The van der Waals surface area contributed by atoms with Gasteiger partial charge in [-0.3, -0.25) is 9.59 Å². The molecular weight excluding hydrogens is 256 g/mol. The van der Waals surface area contributed by atoms with Crippen LogP contribution in [0.1, 0.15) is 17.3 Å². The van der Waals surface area contributed by atoms with Crippen molar-refractivity contribution in [3.8, 4) is 0 Å². The Labute approximate surface area is 110 Å². The quantitative estimate of drug-likeness (QED) is 0.698. The first-order valence-electron chi connectivity index (χ1n) is 5.48. The molecule has 0 spiro atoms. The molecule has 3 N–H and O–H groups in total. The van der Waals surface area contributed by atoms with Crippen LogP contribution >= 0.6 is 11.6 Å². The molecule has 0 saturated heterocycles. The third kappa shape index (κ3) is 4.35. The molecule has 0 fully saturated rings. The zero-order valence-electron chi connectivity index (χ0n) is 9.94. The lowest BCUT2D eigenvalue weighted by atomic mass is 10.2. The average molecular weight is 271 g/mol. The van der Waals surface area contributed by atoms with Gasteiger partial charge in [-0.1, -0.05) is 0 Å². The molecule has 98 valence electrons. The van der Waals surface area contributed by atoms with Gasteiger partial charge in [0.15, 0.2) is 0 Å². The lowest BCUT2D eigenvalue weighted by molar-refractivity contribution is -0.115. The highest BCUT2D eigenvalue weighted by Gasteiger charge is 2.09. The van der Waals surface area contributed by atoms with E-state index in [0.717, 1.165) is 0 Å². The molecule has 1 aromatic rings. The number of benzene rings is 1. The topological polar surface area (TPSA) is 78.4 Å². The normalized spacial score (nSPS) is 11.7. The molecule has 1 aromatic carbocycles. The monoisotopic (exact) mass is 270 g/mol. The molecule has 6 heteroatoms. The molecule has 0 aromatic heterocycles. The van der Waals surface area contributed by atoms with E-state index in [1.807, 2.05) is 0 Å². The SMILES string of the molecule is CC(Cl)C(=O)Nc1ccc(C(=O)NCCO)cc1. The summed E-state index contributed by atoms with van der Waals surface area (Å²) in [6, 6.07) is 6.40. The number of carbonyl (C=O) groups excluding carboxylic acids is 2. The Morgan fingerprint density at radius 1 is 1.33 bits per heavy atom. The number of aliphatic hydroxyl groups excluding tert-OH is 1. The number of rotatable bonds is 5. The highest BCUT2D eigenvalue weighted by atomic mass is 35.5. The van der Waals surface area contributed by atoms with Crippen molar-refractivity contribution in [1.82, 2.24) is 5.32 Å². The van der Waals surface area contributed by atoms with Gasteiger partial charge in [-0.2, -0.15) is 0 Å². The average Bonchev–Trinajstić information content (AvgIpc) is 2.36. The minimum atomic E-state index is -0.613. The van der Waals surface area contributed by atoms with Crippen molar-refractivity contribution in [1.29, 1.82) is 0 Å². The van der Waals surface area contributed by atoms with Crippen LogP contribution in [0.2, 0.25) is 0 Å². The number of alkyl halides is 1. The summed E-state index contributed by atoms with van der Waals surface area (Å²) in [7, 11) is 0. The summed E-state index contributed by atoms with van der Waals surface area (Å²) >= 11 is 5.62. The van der Waals surface area contributed by atoms with Gasteiger partial charge in [0.05, 0.1) is 6.61 Å². The minimum absolute atomic E-state index is 0.104. The molecule has 1 rings (SSSR count). The Kier molecular flexibility index (Phi) is 5.61. The van der Waals surface area contributed by atoms with Gasteiger partial charge in [-0.15, -0.1) is 11.6 Å². The van der Waals surface area contributed by atoms with E-state index in [1.54, 1.807) is 31.2 Å². The number of carbonyl (C=O) groups is 2. The van der Waals surface area contributed by atoms with E-state index in [4.69, 9.17) is 16.7 Å². The van der Waals surface area contributed by atoms with Crippen LogP contribution in [0.25, 0.3) is 0 Å². The molecule has 5 nitrogen and oxygen atoms in total. The Morgan fingerprint density at radius 2 is 1.94 bits per heavy atom. The number of hydrogen-bond acceptors (Lipinski definition) is 3. The Morgan fingerprint density at radius 3 is 2.44 bits per heavy atom. The van der Waals surface area contributed by atoms with Crippen LogP contribution in [0.4, 0.5) is 5.69 Å². The van der Waals surface area contributed by atoms with Crippen molar-refractivity contribution in [3.63, 3.8) is 0 Å². The van der Waals surface area contributed by atoms with E-state index < -0.39 is 5.38 Å².